The second-order valence-corrected chi connectivity index (χ2v) is 5.23. The lowest BCUT2D eigenvalue weighted by Crippen LogP contribution is -2.47. The van der Waals surface area contributed by atoms with Crippen molar-refractivity contribution in [2.24, 2.45) is 11.7 Å². The maximum Gasteiger partial charge on any atom is 0.267 e. The molecule has 1 aliphatic rings. The Morgan fingerprint density at radius 1 is 1.71 bits per heavy atom. The average molecular weight is 301 g/mol. The van der Waals surface area contributed by atoms with E-state index in [4.69, 9.17) is 5.73 Å². The number of piperidine rings is 1. The maximum absolute atomic E-state index is 11.5. The van der Waals surface area contributed by atoms with Crippen LogP contribution in [0.3, 0.4) is 0 Å². The van der Waals surface area contributed by atoms with Gasteiger partial charge in [-0.15, -0.1) is 0 Å². The molecule has 94 valence electrons. The molecule has 1 fully saturated rings. The zero-order valence-electron chi connectivity index (χ0n) is 9.82. The molecular weight excluding hydrogens is 284 g/mol. The molecule has 6 heteroatoms. The summed E-state index contributed by atoms with van der Waals surface area (Å²) in [7, 11) is 0. The Labute approximate surface area is 109 Å². The van der Waals surface area contributed by atoms with E-state index in [1.54, 1.807) is 0 Å². The number of nitrogens with zero attached hydrogens (tertiary/aromatic N) is 2. The Hall–Kier alpha value is -0.880. The summed E-state index contributed by atoms with van der Waals surface area (Å²) in [4.78, 5) is 20.4. The van der Waals surface area contributed by atoms with Crippen LogP contribution >= 0.6 is 15.9 Å². The van der Waals surface area contributed by atoms with Gasteiger partial charge in [-0.05, 0) is 28.3 Å². The summed E-state index contributed by atoms with van der Waals surface area (Å²) in [6.07, 6.45) is 3.44. The van der Waals surface area contributed by atoms with Crippen molar-refractivity contribution in [3.8, 4) is 0 Å². The van der Waals surface area contributed by atoms with Crippen molar-refractivity contribution in [2.75, 3.05) is 18.0 Å². The van der Waals surface area contributed by atoms with Crippen LogP contribution in [0.25, 0.3) is 0 Å². The monoisotopic (exact) mass is 300 g/mol. The number of hydrogen-bond donors (Lipinski definition) is 2. The van der Waals surface area contributed by atoms with Crippen LogP contribution in [0.1, 0.15) is 19.8 Å². The third-order valence-electron chi connectivity index (χ3n) is 3.39. The average Bonchev–Trinajstić information content (AvgIpc) is 2.34. The highest BCUT2D eigenvalue weighted by atomic mass is 79.9. The molecule has 1 saturated heterocycles. The minimum absolute atomic E-state index is 0.141. The number of aromatic amines is 1. The molecule has 2 heterocycles. The Kier molecular flexibility index (Phi) is 3.83. The lowest BCUT2D eigenvalue weighted by Gasteiger charge is -2.37. The van der Waals surface area contributed by atoms with Crippen LogP contribution in [-0.4, -0.2) is 29.1 Å². The minimum atomic E-state index is -0.141. The predicted molar refractivity (Wildman–Crippen MR) is 71.1 cm³/mol. The van der Waals surface area contributed by atoms with Crippen molar-refractivity contribution in [1.82, 2.24) is 9.97 Å². The van der Waals surface area contributed by atoms with Gasteiger partial charge in [0, 0.05) is 19.1 Å². The second-order valence-electron chi connectivity index (χ2n) is 4.44. The summed E-state index contributed by atoms with van der Waals surface area (Å²) >= 11 is 3.29. The van der Waals surface area contributed by atoms with Crippen LogP contribution in [0.2, 0.25) is 0 Å². The third kappa shape index (κ3) is 2.52. The van der Waals surface area contributed by atoms with Crippen LogP contribution in [0.5, 0.6) is 0 Å². The highest BCUT2D eigenvalue weighted by Crippen LogP contribution is 2.26. The van der Waals surface area contributed by atoms with E-state index in [2.05, 4.69) is 37.7 Å². The molecule has 5 nitrogen and oxygen atoms in total. The number of rotatable bonds is 2. The first-order valence-corrected chi connectivity index (χ1v) is 6.66. The molecule has 2 atom stereocenters. The van der Waals surface area contributed by atoms with E-state index in [1.165, 1.54) is 6.33 Å². The zero-order valence-corrected chi connectivity index (χ0v) is 11.4. The molecule has 2 unspecified atom stereocenters. The fraction of sp³-hybridized carbons (Fsp3) is 0.636. The number of H-pyrrole nitrogens is 1. The first kappa shape index (κ1) is 12.6. The van der Waals surface area contributed by atoms with E-state index in [1.807, 2.05) is 0 Å². The molecule has 0 amide bonds. The van der Waals surface area contributed by atoms with E-state index in [9.17, 15) is 4.79 Å². The Morgan fingerprint density at radius 3 is 3.18 bits per heavy atom. The van der Waals surface area contributed by atoms with Gasteiger partial charge >= 0.3 is 0 Å². The quantitative estimate of drug-likeness (QED) is 0.857. The largest absolute Gasteiger partial charge is 0.355 e. The molecule has 1 aliphatic heterocycles. The van der Waals surface area contributed by atoms with E-state index in [-0.39, 0.29) is 11.6 Å². The van der Waals surface area contributed by atoms with Crippen molar-refractivity contribution in [3.63, 3.8) is 0 Å². The van der Waals surface area contributed by atoms with E-state index < -0.39 is 0 Å². The Balaban J connectivity index is 2.23. The molecule has 0 spiro atoms. The summed E-state index contributed by atoms with van der Waals surface area (Å²) in [5, 5.41) is 0. The lowest BCUT2D eigenvalue weighted by atomic mass is 9.91. The van der Waals surface area contributed by atoms with Gasteiger partial charge in [-0.1, -0.05) is 13.3 Å². The van der Waals surface area contributed by atoms with Gasteiger partial charge in [-0.3, -0.25) is 4.79 Å². The van der Waals surface area contributed by atoms with Gasteiger partial charge in [0.25, 0.3) is 5.56 Å². The molecule has 0 aromatic carbocycles. The van der Waals surface area contributed by atoms with Gasteiger partial charge in [0.2, 0.25) is 0 Å². The number of halogens is 1. The van der Waals surface area contributed by atoms with E-state index >= 15 is 0 Å². The number of aromatic nitrogens is 2. The fourth-order valence-corrected chi connectivity index (χ4v) is 2.74. The summed E-state index contributed by atoms with van der Waals surface area (Å²) in [5.74, 6) is 1.19. The van der Waals surface area contributed by atoms with Gasteiger partial charge in [0.15, 0.2) is 0 Å². The van der Waals surface area contributed by atoms with Gasteiger partial charge < -0.3 is 15.6 Å². The van der Waals surface area contributed by atoms with Crippen molar-refractivity contribution < 1.29 is 0 Å². The van der Waals surface area contributed by atoms with Crippen molar-refractivity contribution in [2.45, 2.75) is 25.8 Å². The van der Waals surface area contributed by atoms with Crippen molar-refractivity contribution in [3.05, 3.63) is 21.2 Å². The smallest absolute Gasteiger partial charge is 0.267 e. The first-order chi connectivity index (χ1) is 8.13. The van der Waals surface area contributed by atoms with Crippen molar-refractivity contribution >= 4 is 21.7 Å². The predicted octanol–water partition coefficient (Wildman–Crippen LogP) is 1.10. The van der Waals surface area contributed by atoms with Gasteiger partial charge in [0.1, 0.15) is 10.3 Å². The lowest BCUT2D eigenvalue weighted by molar-refractivity contribution is 0.346. The van der Waals surface area contributed by atoms with Crippen LogP contribution in [0, 0.1) is 5.92 Å². The van der Waals surface area contributed by atoms with Crippen LogP contribution < -0.4 is 16.2 Å². The number of nitrogens with two attached hydrogens (primary N) is 1. The Morgan fingerprint density at radius 2 is 2.47 bits per heavy atom. The van der Waals surface area contributed by atoms with E-state index in [0.717, 1.165) is 31.7 Å². The highest BCUT2D eigenvalue weighted by molar-refractivity contribution is 9.10. The number of anilines is 1. The second kappa shape index (κ2) is 5.18. The van der Waals surface area contributed by atoms with Crippen LogP contribution in [0.15, 0.2) is 15.6 Å². The van der Waals surface area contributed by atoms with Gasteiger partial charge in [-0.25, -0.2) is 4.98 Å². The van der Waals surface area contributed by atoms with E-state index in [0.29, 0.717) is 10.4 Å². The Bertz CT molecular complexity index is 447. The zero-order chi connectivity index (χ0) is 12.4. The first-order valence-electron chi connectivity index (χ1n) is 5.87. The topological polar surface area (TPSA) is 75.0 Å². The normalized spacial score (nSPS) is 25.0. The number of nitrogens with one attached hydrogen (secondary N) is 1. The molecule has 3 N–H and O–H groups in total. The molecule has 0 aliphatic carbocycles. The summed E-state index contributed by atoms with van der Waals surface area (Å²) in [6.45, 7) is 3.87. The SMILES string of the molecule is CCC1CN(c2nc[nH]c(=O)c2Br)CCC1N. The molecule has 1 aromatic heterocycles. The van der Waals surface area contributed by atoms with Crippen LogP contribution in [0.4, 0.5) is 5.82 Å². The summed E-state index contributed by atoms with van der Waals surface area (Å²) < 4.78 is 0.505. The fourth-order valence-electron chi connectivity index (χ4n) is 2.27. The standard InChI is InChI=1S/C11H17BrN4O/c1-2-7-5-16(4-3-8(7)13)10-9(12)11(17)15-6-14-10/h6-8H,2-5,13H2,1H3,(H,14,15,17). The molecule has 0 bridgehead atoms. The molecular formula is C11H17BrN4O. The van der Waals surface area contributed by atoms with Gasteiger partial charge in [0.05, 0.1) is 6.33 Å². The molecule has 1 aromatic rings. The van der Waals surface area contributed by atoms with Crippen molar-refractivity contribution in [1.29, 1.82) is 0 Å². The third-order valence-corrected chi connectivity index (χ3v) is 4.11. The molecule has 0 radical (unpaired) electrons. The minimum Gasteiger partial charge on any atom is -0.355 e. The maximum atomic E-state index is 11.5. The summed E-state index contributed by atoms with van der Waals surface area (Å²) in [6, 6.07) is 0.261. The summed E-state index contributed by atoms with van der Waals surface area (Å²) in [5.41, 5.74) is 5.93. The van der Waals surface area contributed by atoms with Gasteiger partial charge in [-0.2, -0.15) is 0 Å². The molecule has 17 heavy (non-hydrogen) atoms. The number of hydrogen-bond acceptors (Lipinski definition) is 4. The van der Waals surface area contributed by atoms with Crippen LogP contribution in [-0.2, 0) is 0 Å². The molecule has 2 rings (SSSR count). The highest BCUT2D eigenvalue weighted by Gasteiger charge is 2.27. The molecule has 0 saturated carbocycles.